The Morgan fingerprint density at radius 3 is 2.48 bits per heavy atom. The van der Waals surface area contributed by atoms with Gasteiger partial charge in [0, 0.05) is 24.9 Å². The van der Waals surface area contributed by atoms with Gasteiger partial charge in [0.05, 0.1) is 0 Å². The summed E-state index contributed by atoms with van der Waals surface area (Å²) in [6.07, 6.45) is 0.868. The number of rotatable bonds is 3. The summed E-state index contributed by atoms with van der Waals surface area (Å²) in [7, 11) is 0. The molecule has 3 atom stereocenters. The van der Waals surface area contributed by atoms with Crippen molar-refractivity contribution in [1.82, 2.24) is 4.90 Å². The molecular formula is C18H22F2N2O. The van der Waals surface area contributed by atoms with E-state index in [0.717, 1.165) is 24.8 Å². The summed E-state index contributed by atoms with van der Waals surface area (Å²) in [5.41, 5.74) is 6.15. The molecule has 1 saturated heterocycles. The summed E-state index contributed by atoms with van der Waals surface area (Å²) in [6.45, 7) is 0.623. The van der Waals surface area contributed by atoms with Gasteiger partial charge in [0.2, 0.25) is 12.3 Å². The zero-order valence-electron chi connectivity index (χ0n) is 13.1. The second-order valence-corrected chi connectivity index (χ2v) is 7.55. The van der Waals surface area contributed by atoms with Gasteiger partial charge in [-0.25, -0.2) is 8.78 Å². The standard InChI is InChI=1S/C18H22F2N2O/c19-15(20)14-10-22(11-17(14)7-4-8-17)16(23)18(21)9-13(18)12-5-2-1-3-6-12/h1-3,5-6,13-15H,4,7-11,21H2/t13-,14?,18+/m0/s1. The molecule has 1 amide bonds. The molecule has 4 rings (SSSR count). The van der Waals surface area contributed by atoms with Crippen LogP contribution >= 0.6 is 0 Å². The number of carbonyl (C=O) groups excluding carboxylic acids is 1. The average molecular weight is 320 g/mol. The molecule has 3 fully saturated rings. The number of carbonyl (C=O) groups is 1. The quantitative estimate of drug-likeness (QED) is 0.931. The van der Waals surface area contributed by atoms with Gasteiger partial charge < -0.3 is 10.6 Å². The monoisotopic (exact) mass is 320 g/mol. The van der Waals surface area contributed by atoms with Crippen LogP contribution in [0.5, 0.6) is 0 Å². The third-order valence-corrected chi connectivity index (χ3v) is 6.25. The summed E-state index contributed by atoms with van der Waals surface area (Å²) in [5.74, 6) is -0.808. The fraction of sp³-hybridized carbons (Fsp3) is 0.611. The Hall–Kier alpha value is -1.49. The highest BCUT2D eigenvalue weighted by Gasteiger charge is 2.62. The Morgan fingerprint density at radius 1 is 1.26 bits per heavy atom. The van der Waals surface area contributed by atoms with Crippen LogP contribution in [0.4, 0.5) is 8.78 Å². The smallest absolute Gasteiger partial charge is 0.243 e. The lowest BCUT2D eigenvalue weighted by Gasteiger charge is -2.42. The zero-order chi connectivity index (χ0) is 16.2. The van der Waals surface area contributed by atoms with Crippen LogP contribution in [0.25, 0.3) is 0 Å². The maximum Gasteiger partial charge on any atom is 0.243 e. The molecule has 0 aromatic heterocycles. The number of nitrogens with zero attached hydrogens (tertiary/aromatic N) is 1. The molecule has 2 saturated carbocycles. The van der Waals surface area contributed by atoms with Crippen LogP contribution in [-0.4, -0.2) is 35.9 Å². The highest BCUT2D eigenvalue weighted by Crippen LogP contribution is 2.56. The van der Waals surface area contributed by atoms with Crippen molar-refractivity contribution in [2.24, 2.45) is 17.1 Å². The normalized spacial score (nSPS) is 34.7. The molecule has 1 unspecified atom stereocenters. The summed E-state index contributed by atoms with van der Waals surface area (Å²) in [4.78, 5) is 14.5. The third-order valence-electron chi connectivity index (χ3n) is 6.25. The van der Waals surface area contributed by atoms with Crippen LogP contribution < -0.4 is 5.73 Å². The first-order chi connectivity index (χ1) is 11.0. The molecule has 0 bridgehead atoms. The second-order valence-electron chi connectivity index (χ2n) is 7.55. The van der Waals surface area contributed by atoms with Gasteiger partial charge in [-0.2, -0.15) is 0 Å². The van der Waals surface area contributed by atoms with E-state index in [4.69, 9.17) is 5.73 Å². The molecule has 2 N–H and O–H groups in total. The lowest BCUT2D eigenvalue weighted by molar-refractivity contribution is -0.133. The number of likely N-dealkylation sites (tertiary alicyclic amines) is 1. The van der Waals surface area contributed by atoms with Gasteiger partial charge in [-0.05, 0) is 30.2 Å². The van der Waals surface area contributed by atoms with Crippen LogP contribution in [0.2, 0.25) is 0 Å². The Labute approximate surface area is 134 Å². The number of benzene rings is 1. The van der Waals surface area contributed by atoms with E-state index in [1.807, 2.05) is 30.3 Å². The number of nitrogens with two attached hydrogens (primary N) is 1. The highest BCUT2D eigenvalue weighted by molar-refractivity contribution is 5.91. The Morgan fingerprint density at radius 2 is 1.96 bits per heavy atom. The van der Waals surface area contributed by atoms with Gasteiger partial charge in [0.15, 0.2) is 0 Å². The molecule has 3 aliphatic rings. The summed E-state index contributed by atoms with van der Waals surface area (Å²) >= 11 is 0. The molecule has 1 aromatic rings. The van der Waals surface area contributed by atoms with Crippen LogP contribution in [0.15, 0.2) is 30.3 Å². The van der Waals surface area contributed by atoms with Crippen molar-refractivity contribution in [3.8, 4) is 0 Å². The van der Waals surface area contributed by atoms with Crippen molar-refractivity contribution in [2.45, 2.75) is 43.6 Å². The first-order valence-electron chi connectivity index (χ1n) is 8.38. The van der Waals surface area contributed by atoms with Gasteiger partial charge in [-0.1, -0.05) is 36.8 Å². The minimum Gasteiger partial charge on any atom is -0.340 e. The maximum atomic E-state index is 13.4. The molecule has 3 nitrogen and oxygen atoms in total. The van der Waals surface area contributed by atoms with Crippen molar-refractivity contribution < 1.29 is 13.6 Å². The predicted molar refractivity (Wildman–Crippen MR) is 83.1 cm³/mol. The molecule has 23 heavy (non-hydrogen) atoms. The minimum atomic E-state index is -2.36. The van der Waals surface area contributed by atoms with Crippen LogP contribution in [-0.2, 0) is 4.79 Å². The number of hydrogen-bond donors (Lipinski definition) is 1. The van der Waals surface area contributed by atoms with Crippen LogP contribution in [0.1, 0.15) is 37.2 Å². The van der Waals surface area contributed by atoms with Gasteiger partial charge in [0.25, 0.3) is 0 Å². The molecule has 1 heterocycles. The van der Waals surface area contributed by atoms with Crippen LogP contribution in [0.3, 0.4) is 0 Å². The summed E-state index contributed by atoms with van der Waals surface area (Å²) < 4.78 is 26.8. The summed E-state index contributed by atoms with van der Waals surface area (Å²) in [5, 5.41) is 0. The topological polar surface area (TPSA) is 46.3 Å². The molecule has 0 radical (unpaired) electrons. The fourth-order valence-electron chi connectivity index (χ4n) is 4.56. The van der Waals surface area contributed by atoms with Crippen molar-refractivity contribution in [1.29, 1.82) is 0 Å². The second kappa shape index (κ2) is 5.00. The van der Waals surface area contributed by atoms with E-state index in [0.29, 0.717) is 13.0 Å². The maximum absolute atomic E-state index is 13.4. The van der Waals surface area contributed by atoms with Crippen molar-refractivity contribution in [2.75, 3.05) is 13.1 Å². The van der Waals surface area contributed by atoms with E-state index >= 15 is 0 Å². The Kier molecular flexibility index (Phi) is 3.28. The van der Waals surface area contributed by atoms with Crippen molar-refractivity contribution in [3.63, 3.8) is 0 Å². The first kappa shape index (κ1) is 15.1. The summed E-state index contributed by atoms with van der Waals surface area (Å²) in [6, 6.07) is 9.76. The van der Waals surface area contributed by atoms with Gasteiger partial charge >= 0.3 is 0 Å². The number of amides is 1. The number of halogens is 2. The Balaban J connectivity index is 1.50. The molecule has 2 aliphatic carbocycles. The Bertz CT molecular complexity index is 617. The first-order valence-corrected chi connectivity index (χ1v) is 8.38. The average Bonchev–Trinajstić information content (AvgIpc) is 3.04. The van der Waals surface area contributed by atoms with Crippen molar-refractivity contribution >= 4 is 5.91 Å². The molecule has 1 aliphatic heterocycles. The lowest BCUT2D eigenvalue weighted by atomic mass is 9.63. The SMILES string of the molecule is N[C@]1(C(=O)N2CC(C(F)F)C3(CCC3)C2)C[C@H]1c1ccccc1. The molecule has 1 spiro atoms. The van der Waals surface area contributed by atoms with Crippen LogP contribution in [0, 0.1) is 11.3 Å². The molecule has 5 heteroatoms. The third kappa shape index (κ3) is 2.20. The minimum absolute atomic E-state index is 0.0131. The number of hydrogen-bond acceptors (Lipinski definition) is 2. The zero-order valence-corrected chi connectivity index (χ0v) is 13.1. The van der Waals surface area contributed by atoms with E-state index in [2.05, 4.69) is 0 Å². The van der Waals surface area contributed by atoms with E-state index in [9.17, 15) is 13.6 Å². The predicted octanol–water partition coefficient (Wildman–Crippen LogP) is 2.77. The fourth-order valence-corrected chi connectivity index (χ4v) is 4.56. The molecule has 1 aromatic carbocycles. The van der Waals surface area contributed by atoms with Crippen molar-refractivity contribution in [3.05, 3.63) is 35.9 Å². The molecular weight excluding hydrogens is 298 g/mol. The number of alkyl halides is 2. The van der Waals surface area contributed by atoms with Gasteiger partial charge in [0.1, 0.15) is 5.54 Å². The molecule has 124 valence electrons. The van der Waals surface area contributed by atoms with E-state index in [1.54, 1.807) is 4.90 Å². The largest absolute Gasteiger partial charge is 0.340 e. The lowest BCUT2D eigenvalue weighted by Crippen LogP contribution is -2.47. The van der Waals surface area contributed by atoms with Gasteiger partial charge in [-0.15, -0.1) is 0 Å². The van der Waals surface area contributed by atoms with Gasteiger partial charge in [-0.3, -0.25) is 4.79 Å². The van der Waals surface area contributed by atoms with E-state index in [-0.39, 0.29) is 23.8 Å². The van der Waals surface area contributed by atoms with E-state index in [1.165, 1.54) is 0 Å². The highest BCUT2D eigenvalue weighted by atomic mass is 19.3. The van der Waals surface area contributed by atoms with E-state index < -0.39 is 17.9 Å².